The van der Waals surface area contributed by atoms with Crippen LogP contribution in [-0.2, 0) is 9.47 Å². The maximum atomic E-state index is 5.61. The average Bonchev–Trinajstić information content (AvgIpc) is 2.20. The molecule has 3 heteroatoms. The fourth-order valence-electron chi connectivity index (χ4n) is 2.26. The standard InChI is InChI=1S/C13H27NO2/c1-11(2)12(6-9-15-3)14-10-13(16-4)7-5-8-13/h11-12,14H,5-10H2,1-4H3. The molecule has 0 saturated heterocycles. The minimum absolute atomic E-state index is 0.125. The monoisotopic (exact) mass is 229 g/mol. The first-order chi connectivity index (χ1) is 7.63. The molecule has 1 fully saturated rings. The molecule has 0 radical (unpaired) electrons. The van der Waals surface area contributed by atoms with E-state index in [1.165, 1.54) is 19.3 Å². The number of ether oxygens (including phenoxy) is 2. The Hall–Kier alpha value is -0.120. The van der Waals surface area contributed by atoms with Crippen molar-refractivity contribution in [3.05, 3.63) is 0 Å². The highest BCUT2D eigenvalue weighted by Gasteiger charge is 2.37. The molecule has 1 aliphatic rings. The van der Waals surface area contributed by atoms with Gasteiger partial charge in [0.2, 0.25) is 0 Å². The molecule has 1 aliphatic carbocycles. The molecular formula is C13H27NO2. The van der Waals surface area contributed by atoms with E-state index >= 15 is 0 Å². The van der Waals surface area contributed by atoms with Gasteiger partial charge in [-0.05, 0) is 31.6 Å². The van der Waals surface area contributed by atoms with Gasteiger partial charge in [-0.3, -0.25) is 0 Å². The van der Waals surface area contributed by atoms with Crippen molar-refractivity contribution in [2.45, 2.75) is 51.2 Å². The van der Waals surface area contributed by atoms with Crippen molar-refractivity contribution in [1.82, 2.24) is 5.32 Å². The third-order valence-electron chi connectivity index (χ3n) is 3.82. The van der Waals surface area contributed by atoms with E-state index in [1.807, 2.05) is 7.11 Å². The Morgan fingerprint density at radius 2 is 1.94 bits per heavy atom. The number of nitrogens with one attached hydrogen (secondary N) is 1. The van der Waals surface area contributed by atoms with Gasteiger partial charge in [0.25, 0.3) is 0 Å². The summed E-state index contributed by atoms with van der Waals surface area (Å²) >= 11 is 0. The van der Waals surface area contributed by atoms with E-state index in [-0.39, 0.29) is 5.60 Å². The molecule has 1 N–H and O–H groups in total. The molecule has 0 aromatic rings. The average molecular weight is 229 g/mol. The van der Waals surface area contributed by atoms with Gasteiger partial charge in [-0.15, -0.1) is 0 Å². The second kappa shape index (κ2) is 6.58. The zero-order valence-electron chi connectivity index (χ0n) is 11.2. The van der Waals surface area contributed by atoms with E-state index in [0.717, 1.165) is 19.6 Å². The Morgan fingerprint density at radius 3 is 2.31 bits per heavy atom. The van der Waals surface area contributed by atoms with Crippen LogP contribution in [0.15, 0.2) is 0 Å². The van der Waals surface area contributed by atoms with E-state index in [2.05, 4.69) is 19.2 Å². The maximum absolute atomic E-state index is 5.61. The Kier molecular flexibility index (Phi) is 5.73. The van der Waals surface area contributed by atoms with Crippen LogP contribution in [0.2, 0.25) is 0 Å². The largest absolute Gasteiger partial charge is 0.385 e. The van der Waals surface area contributed by atoms with Crippen LogP contribution in [-0.4, -0.2) is 39.0 Å². The molecule has 0 aromatic heterocycles. The Balaban J connectivity index is 2.31. The van der Waals surface area contributed by atoms with E-state index in [4.69, 9.17) is 9.47 Å². The lowest BCUT2D eigenvalue weighted by atomic mass is 9.79. The summed E-state index contributed by atoms with van der Waals surface area (Å²) in [7, 11) is 3.60. The van der Waals surface area contributed by atoms with E-state index in [9.17, 15) is 0 Å². The lowest BCUT2D eigenvalue weighted by Gasteiger charge is -2.42. The molecule has 0 spiro atoms. The number of hydrogen-bond acceptors (Lipinski definition) is 3. The Labute approximate surface area is 99.9 Å². The van der Waals surface area contributed by atoms with E-state index in [0.29, 0.717) is 12.0 Å². The Bertz CT molecular complexity index is 185. The molecule has 1 unspecified atom stereocenters. The minimum atomic E-state index is 0.125. The van der Waals surface area contributed by atoms with Crippen LogP contribution in [0.25, 0.3) is 0 Å². The first-order valence-corrected chi connectivity index (χ1v) is 6.41. The molecular weight excluding hydrogens is 202 g/mol. The highest BCUT2D eigenvalue weighted by Crippen LogP contribution is 2.34. The van der Waals surface area contributed by atoms with Gasteiger partial charge < -0.3 is 14.8 Å². The van der Waals surface area contributed by atoms with Crippen LogP contribution >= 0.6 is 0 Å². The van der Waals surface area contributed by atoms with Crippen LogP contribution in [0.3, 0.4) is 0 Å². The number of hydrogen-bond donors (Lipinski definition) is 1. The van der Waals surface area contributed by atoms with Gasteiger partial charge in [0.15, 0.2) is 0 Å². The van der Waals surface area contributed by atoms with Gasteiger partial charge in [-0.1, -0.05) is 13.8 Å². The van der Waals surface area contributed by atoms with Crippen molar-refractivity contribution in [3.8, 4) is 0 Å². The summed E-state index contributed by atoms with van der Waals surface area (Å²) in [6, 6.07) is 0.535. The van der Waals surface area contributed by atoms with Crippen molar-refractivity contribution in [2.24, 2.45) is 5.92 Å². The molecule has 0 aromatic carbocycles. The summed E-state index contributed by atoms with van der Waals surface area (Å²) in [4.78, 5) is 0. The predicted octanol–water partition coefficient (Wildman–Crippen LogP) is 2.21. The summed E-state index contributed by atoms with van der Waals surface area (Å²) in [5, 5.41) is 3.64. The molecule has 1 atom stereocenters. The highest BCUT2D eigenvalue weighted by molar-refractivity contribution is 4.92. The highest BCUT2D eigenvalue weighted by atomic mass is 16.5. The minimum Gasteiger partial charge on any atom is -0.385 e. The fraction of sp³-hybridized carbons (Fsp3) is 1.00. The fourth-order valence-corrected chi connectivity index (χ4v) is 2.26. The van der Waals surface area contributed by atoms with Crippen LogP contribution < -0.4 is 5.32 Å². The molecule has 1 saturated carbocycles. The first-order valence-electron chi connectivity index (χ1n) is 6.41. The van der Waals surface area contributed by atoms with Crippen molar-refractivity contribution in [1.29, 1.82) is 0 Å². The van der Waals surface area contributed by atoms with Crippen LogP contribution in [0.4, 0.5) is 0 Å². The topological polar surface area (TPSA) is 30.5 Å². The summed E-state index contributed by atoms with van der Waals surface area (Å²) in [6.07, 6.45) is 4.78. The van der Waals surface area contributed by atoms with Gasteiger partial charge in [-0.2, -0.15) is 0 Å². The molecule has 1 rings (SSSR count). The third-order valence-corrected chi connectivity index (χ3v) is 3.82. The second-order valence-electron chi connectivity index (χ2n) is 5.25. The van der Waals surface area contributed by atoms with Gasteiger partial charge >= 0.3 is 0 Å². The lowest BCUT2D eigenvalue weighted by Crippen LogP contribution is -2.51. The number of methoxy groups -OCH3 is 2. The molecule has 3 nitrogen and oxygen atoms in total. The smallest absolute Gasteiger partial charge is 0.0802 e. The van der Waals surface area contributed by atoms with Crippen molar-refractivity contribution in [2.75, 3.05) is 27.4 Å². The van der Waals surface area contributed by atoms with Crippen LogP contribution in [0, 0.1) is 5.92 Å². The lowest BCUT2D eigenvalue weighted by molar-refractivity contribution is -0.0719. The quantitative estimate of drug-likeness (QED) is 0.692. The summed E-state index contributed by atoms with van der Waals surface area (Å²) in [5.41, 5.74) is 0.125. The summed E-state index contributed by atoms with van der Waals surface area (Å²) in [6.45, 7) is 6.33. The van der Waals surface area contributed by atoms with Crippen LogP contribution in [0.5, 0.6) is 0 Å². The molecule has 0 aliphatic heterocycles. The van der Waals surface area contributed by atoms with Gasteiger partial charge in [0.05, 0.1) is 5.60 Å². The zero-order chi connectivity index (χ0) is 12.0. The zero-order valence-corrected chi connectivity index (χ0v) is 11.2. The molecule has 0 bridgehead atoms. The van der Waals surface area contributed by atoms with E-state index in [1.54, 1.807) is 7.11 Å². The number of rotatable bonds is 8. The van der Waals surface area contributed by atoms with Gasteiger partial charge in [0, 0.05) is 33.4 Å². The first kappa shape index (κ1) is 13.9. The molecule has 0 amide bonds. The van der Waals surface area contributed by atoms with Crippen LogP contribution in [0.1, 0.15) is 39.5 Å². The maximum Gasteiger partial charge on any atom is 0.0802 e. The van der Waals surface area contributed by atoms with Crippen molar-refractivity contribution in [3.63, 3.8) is 0 Å². The normalized spacial score (nSPS) is 20.8. The molecule has 96 valence electrons. The summed E-state index contributed by atoms with van der Waals surface area (Å²) in [5.74, 6) is 0.643. The second-order valence-corrected chi connectivity index (χ2v) is 5.25. The summed E-state index contributed by atoms with van der Waals surface area (Å²) < 4.78 is 10.8. The van der Waals surface area contributed by atoms with Crippen molar-refractivity contribution >= 4 is 0 Å². The van der Waals surface area contributed by atoms with Gasteiger partial charge in [0.1, 0.15) is 0 Å². The molecule has 0 heterocycles. The third kappa shape index (κ3) is 3.72. The SMILES string of the molecule is COCCC(NCC1(OC)CCC1)C(C)C. The van der Waals surface area contributed by atoms with Gasteiger partial charge in [-0.25, -0.2) is 0 Å². The van der Waals surface area contributed by atoms with E-state index < -0.39 is 0 Å². The predicted molar refractivity (Wildman–Crippen MR) is 66.7 cm³/mol. The molecule has 16 heavy (non-hydrogen) atoms. The Morgan fingerprint density at radius 1 is 1.25 bits per heavy atom. The van der Waals surface area contributed by atoms with Crippen molar-refractivity contribution < 1.29 is 9.47 Å².